The van der Waals surface area contributed by atoms with Crippen LogP contribution in [0.15, 0.2) is 0 Å². The van der Waals surface area contributed by atoms with E-state index in [-0.39, 0.29) is 63.9 Å². The van der Waals surface area contributed by atoms with Crippen molar-refractivity contribution in [1.29, 1.82) is 0 Å². The van der Waals surface area contributed by atoms with Gasteiger partial charge >= 0.3 is 23.9 Å². The molecule has 4 aliphatic rings. The lowest BCUT2D eigenvalue weighted by molar-refractivity contribution is -0.201. The van der Waals surface area contributed by atoms with E-state index in [0.29, 0.717) is 61.5 Å². The molecule has 4 fully saturated rings. The fourth-order valence-electron chi connectivity index (χ4n) is 5.51. The van der Waals surface area contributed by atoms with E-state index in [1.54, 1.807) is 0 Å². The molecule has 0 atom stereocenters. The number of nitrogens with zero attached hydrogens (tertiary/aromatic N) is 2. The molecule has 2 aliphatic heterocycles. The van der Waals surface area contributed by atoms with Gasteiger partial charge in [-0.15, -0.1) is 10.1 Å². The monoisotopic (exact) mass is 608 g/mol. The molecule has 4 rings (SSSR count). The maximum Gasteiger partial charge on any atom is 0.336 e. The van der Waals surface area contributed by atoms with Crippen LogP contribution in [0, 0.1) is 23.7 Å². The zero-order valence-corrected chi connectivity index (χ0v) is 23.8. The highest BCUT2D eigenvalue weighted by molar-refractivity contribution is 6.02. The molecular formula is C28H36N2O13. The molecule has 2 saturated carbocycles. The minimum absolute atomic E-state index is 0.0165. The normalized spacial score (nSPS) is 26.0. The summed E-state index contributed by atoms with van der Waals surface area (Å²) in [5, 5.41) is 1.06. The number of hydroxylamine groups is 4. The molecule has 0 aromatic carbocycles. The minimum Gasteiger partial charge on any atom is -0.463 e. The van der Waals surface area contributed by atoms with Gasteiger partial charge in [0.2, 0.25) is 0 Å². The summed E-state index contributed by atoms with van der Waals surface area (Å²) in [6.45, 7) is 0.252. The Morgan fingerprint density at radius 3 is 1.05 bits per heavy atom. The van der Waals surface area contributed by atoms with Crippen LogP contribution in [0.25, 0.3) is 0 Å². The van der Waals surface area contributed by atoms with Gasteiger partial charge in [0.1, 0.15) is 13.2 Å². The molecule has 2 heterocycles. The first-order chi connectivity index (χ1) is 20.6. The third-order valence-electron chi connectivity index (χ3n) is 8.11. The smallest absolute Gasteiger partial charge is 0.336 e. The van der Waals surface area contributed by atoms with Crippen molar-refractivity contribution in [3.63, 3.8) is 0 Å². The van der Waals surface area contributed by atoms with Crippen molar-refractivity contribution in [1.82, 2.24) is 10.1 Å². The summed E-state index contributed by atoms with van der Waals surface area (Å²) in [5.41, 5.74) is 0. The van der Waals surface area contributed by atoms with Crippen molar-refractivity contribution in [2.24, 2.45) is 23.7 Å². The second-order valence-corrected chi connectivity index (χ2v) is 11.0. The molecule has 0 aromatic rings. The molecule has 0 spiro atoms. The van der Waals surface area contributed by atoms with Crippen LogP contribution in [-0.2, 0) is 62.2 Å². The van der Waals surface area contributed by atoms with Gasteiger partial charge in [-0.2, -0.15) is 0 Å². The Balaban J connectivity index is 1.01. The van der Waals surface area contributed by atoms with Gasteiger partial charge in [0.25, 0.3) is 23.6 Å². The molecule has 15 heteroatoms. The summed E-state index contributed by atoms with van der Waals surface area (Å²) in [4.78, 5) is 106. The summed E-state index contributed by atoms with van der Waals surface area (Å²) >= 11 is 0. The standard InChI is InChI=1S/C28H36N2O13/c31-21-9-10-22(32)29(21)42-27(37)19-5-1-17(2-6-19)25(35)40-15-13-39-14-16-41-26(36)18-3-7-20(8-4-18)28(38)43-30-23(33)11-12-24(30)34/h17-20H,1-16H2/t17-,18-,19+,20+. The van der Waals surface area contributed by atoms with E-state index in [2.05, 4.69) is 0 Å². The molecule has 4 amide bonds. The van der Waals surface area contributed by atoms with Crippen molar-refractivity contribution in [2.45, 2.75) is 77.0 Å². The Morgan fingerprint density at radius 1 is 0.465 bits per heavy atom. The molecule has 236 valence electrons. The van der Waals surface area contributed by atoms with Gasteiger partial charge in [0.05, 0.1) is 36.9 Å². The van der Waals surface area contributed by atoms with Crippen molar-refractivity contribution in [3.05, 3.63) is 0 Å². The van der Waals surface area contributed by atoms with Crippen LogP contribution in [0.1, 0.15) is 77.0 Å². The fraction of sp³-hybridized carbons (Fsp3) is 0.714. The van der Waals surface area contributed by atoms with E-state index in [1.807, 2.05) is 0 Å². The lowest BCUT2D eigenvalue weighted by Crippen LogP contribution is -2.36. The SMILES string of the molecule is O=C1CCC(=O)N1OC(=O)[C@H]1CC[C@@H](C(=O)OCCOCCOC(=O)[C@H]2CC[C@@H](C(=O)ON3C(=O)CCC3=O)CC2)CC1. The number of amides is 4. The highest BCUT2D eigenvalue weighted by atomic mass is 16.7. The van der Waals surface area contributed by atoms with Crippen molar-refractivity contribution in [2.75, 3.05) is 26.4 Å². The predicted octanol–water partition coefficient (Wildman–Crippen LogP) is 0.917. The van der Waals surface area contributed by atoms with Crippen LogP contribution in [0.5, 0.6) is 0 Å². The van der Waals surface area contributed by atoms with E-state index >= 15 is 0 Å². The zero-order chi connectivity index (χ0) is 30.9. The molecule has 2 aliphatic carbocycles. The van der Waals surface area contributed by atoms with Crippen LogP contribution < -0.4 is 0 Å². The molecule has 0 unspecified atom stereocenters. The Labute approximate surface area is 247 Å². The van der Waals surface area contributed by atoms with Crippen molar-refractivity contribution in [3.8, 4) is 0 Å². The summed E-state index contributed by atoms with van der Waals surface area (Å²) in [5.74, 6) is -5.97. The average molecular weight is 609 g/mol. The molecule has 2 saturated heterocycles. The Kier molecular flexibility index (Phi) is 11.2. The van der Waals surface area contributed by atoms with E-state index in [0.717, 1.165) is 0 Å². The zero-order valence-electron chi connectivity index (χ0n) is 23.8. The number of ether oxygens (including phenoxy) is 3. The van der Waals surface area contributed by atoms with Gasteiger partial charge in [-0.05, 0) is 51.4 Å². The average Bonchev–Trinajstić information content (AvgIpc) is 3.50. The first-order valence-electron chi connectivity index (χ1n) is 14.7. The van der Waals surface area contributed by atoms with Gasteiger partial charge in [0.15, 0.2) is 0 Å². The van der Waals surface area contributed by atoms with Crippen molar-refractivity contribution >= 4 is 47.5 Å². The molecule has 0 N–H and O–H groups in total. The number of esters is 2. The number of imide groups is 2. The van der Waals surface area contributed by atoms with Crippen LogP contribution in [-0.4, -0.2) is 84.1 Å². The third-order valence-corrected chi connectivity index (χ3v) is 8.11. The van der Waals surface area contributed by atoms with Crippen LogP contribution in [0.2, 0.25) is 0 Å². The van der Waals surface area contributed by atoms with E-state index in [1.165, 1.54) is 0 Å². The topological polar surface area (TPSA) is 189 Å². The largest absolute Gasteiger partial charge is 0.463 e. The van der Waals surface area contributed by atoms with Crippen molar-refractivity contribution < 1.29 is 62.2 Å². The minimum atomic E-state index is -0.646. The molecule has 0 radical (unpaired) electrons. The first kappa shape index (κ1) is 32.0. The lowest BCUT2D eigenvalue weighted by Gasteiger charge is -2.26. The Bertz CT molecular complexity index is 1000. The highest BCUT2D eigenvalue weighted by Gasteiger charge is 2.38. The maximum atomic E-state index is 12.4. The first-order valence-corrected chi connectivity index (χ1v) is 14.7. The second-order valence-electron chi connectivity index (χ2n) is 11.0. The van der Waals surface area contributed by atoms with Gasteiger partial charge in [-0.25, -0.2) is 9.59 Å². The fourth-order valence-corrected chi connectivity index (χ4v) is 5.51. The van der Waals surface area contributed by atoms with Gasteiger partial charge in [0, 0.05) is 25.7 Å². The second kappa shape index (κ2) is 15.0. The summed E-state index contributed by atoms with van der Waals surface area (Å²) < 4.78 is 15.9. The number of hydrogen-bond acceptors (Lipinski definition) is 13. The number of rotatable bonds is 12. The molecule has 0 bridgehead atoms. The summed E-state index contributed by atoms with van der Waals surface area (Å²) in [6.07, 6.45) is 3.28. The lowest BCUT2D eigenvalue weighted by atomic mass is 9.82. The van der Waals surface area contributed by atoms with Gasteiger partial charge in [-0.1, -0.05) is 0 Å². The van der Waals surface area contributed by atoms with E-state index in [4.69, 9.17) is 23.9 Å². The van der Waals surface area contributed by atoms with Crippen LogP contribution >= 0.6 is 0 Å². The maximum absolute atomic E-state index is 12.4. The van der Waals surface area contributed by atoms with E-state index < -0.39 is 59.3 Å². The highest BCUT2D eigenvalue weighted by Crippen LogP contribution is 2.32. The number of carbonyl (C=O) groups is 8. The van der Waals surface area contributed by atoms with Gasteiger partial charge < -0.3 is 23.9 Å². The number of hydrogen-bond donors (Lipinski definition) is 0. The summed E-state index contributed by atoms with van der Waals surface area (Å²) in [6, 6.07) is 0. The molecular weight excluding hydrogens is 572 g/mol. The van der Waals surface area contributed by atoms with E-state index in [9.17, 15) is 38.4 Å². The molecule has 0 aromatic heterocycles. The predicted molar refractivity (Wildman–Crippen MR) is 138 cm³/mol. The molecule has 43 heavy (non-hydrogen) atoms. The summed E-state index contributed by atoms with van der Waals surface area (Å²) in [7, 11) is 0. The van der Waals surface area contributed by atoms with Crippen LogP contribution in [0.3, 0.4) is 0 Å². The third kappa shape index (κ3) is 8.58. The molecule has 15 nitrogen and oxygen atoms in total. The number of carbonyl (C=O) groups excluding carboxylic acids is 8. The quantitative estimate of drug-likeness (QED) is 0.173. The Hall–Kier alpha value is -3.88. The van der Waals surface area contributed by atoms with Gasteiger partial charge in [-0.3, -0.25) is 28.8 Å². The van der Waals surface area contributed by atoms with Crippen LogP contribution in [0.4, 0.5) is 0 Å². The Morgan fingerprint density at radius 2 is 0.744 bits per heavy atom.